The van der Waals surface area contributed by atoms with Crippen LogP contribution in [0.25, 0.3) is 0 Å². The number of carbonyl (C=O) groups excluding carboxylic acids is 1. The lowest BCUT2D eigenvalue weighted by molar-refractivity contribution is 0.0817. The van der Waals surface area contributed by atoms with E-state index in [4.69, 9.17) is 0 Å². The van der Waals surface area contributed by atoms with E-state index in [1.54, 1.807) is 4.90 Å². The third kappa shape index (κ3) is 2.91. The lowest BCUT2D eigenvalue weighted by Crippen LogP contribution is -2.30. The minimum absolute atomic E-state index is 0.0374. The van der Waals surface area contributed by atoms with E-state index in [9.17, 15) is 4.79 Å². The Kier molecular flexibility index (Phi) is 4.60. The Morgan fingerprint density at radius 2 is 2.14 bits per heavy atom. The molecule has 1 saturated heterocycles. The predicted molar refractivity (Wildman–Crippen MR) is 82.9 cm³/mol. The summed E-state index contributed by atoms with van der Waals surface area (Å²) in [5.74, 6) is 1.18. The summed E-state index contributed by atoms with van der Waals surface area (Å²) in [5, 5.41) is 3.31. The number of rotatable bonds is 3. The standard InChI is InChI=1S/C16H24N4O/c1-6-11(4)15-17-7-8-20(15)16(21)14-12(5)13(10(2)3)18-9-19-14/h9-10,17H,6-8H2,1-5H3/b15-11-. The van der Waals surface area contributed by atoms with Crippen molar-refractivity contribution in [2.24, 2.45) is 0 Å². The van der Waals surface area contributed by atoms with Crippen molar-refractivity contribution in [2.45, 2.75) is 47.0 Å². The molecule has 1 aromatic rings. The van der Waals surface area contributed by atoms with Crippen LogP contribution in [-0.4, -0.2) is 33.9 Å². The highest BCUT2D eigenvalue weighted by Crippen LogP contribution is 2.22. The monoisotopic (exact) mass is 288 g/mol. The summed E-state index contributed by atoms with van der Waals surface area (Å²) in [6.07, 6.45) is 2.42. The maximum Gasteiger partial charge on any atom is 0.278 e. The van der Waals surface area contributed by atoms with E-state index in [2.05, 4.69) is 43.0 Å². The lowest BCUT2D eigenvalue weighted by Gasteiger charge is -2.20. The van der Waals surface area contributed by atoms with Crippen LogP contribution in [0.5, 0.6) is 0 Å². The Balaban J connectivity index is 2.39. The second-order valence-electron chi connectivity index (χ2n) is 5.75. The van der Waals surface area contributed by atoms with Crippen molar-refractivity contribution >= 4 is 5.91 Å². The van der Waals surface area contributed by atoms with Crippen LogP contribution in [0.3, 0.4) is 0 Å². The van der Waals surface area contributed by atoms with E-state index in [0.29, 0.717) is 12.2 Å². The van der Waals surface area contributed by atoms with Crippen molar-refractivity contribution in [3.05, 3.63) is 34.7 Å². The van der Waals surface area contributed by atoms with Gasteiger partial charge >= 0.3 is 0 Å². The molecule has 114 valence electrons. The van der Waals surface area contributed by atoms with Crippen molar-refractivity contribution in [3.8, 4) is 0 Å². The molecule has 1 N–H and O–H groups in total. The van der Waals surface area contributed by atoms with Crippen LogP contribution in [0, 0.1) is 6.92 Å². The first-order valence-corrected chi connectivity index (χ1v) is 7.54. The number of hydrogen-bond acceptors (Lipinski definition) is 4. The molecular formula is C16H24N4O. The number of hydrogen-bond donors (Lipinski definition) is 1. The Morgan fingerprint density at radius 3 is 2.76 bits per heavy atom. The first-order chi connectivity index (χ1) is 9.97. The van der Waals surface area contributed by atoms with Gasteiger partial charge in [0.15, 0.2) is 0 Å². The highest BCUT2D eigenvalue weighted by Gasteiger charge is 2.28. The van der Waals surface area contributed by atoms with Crippen molar-refractivity contribution in [1.82, 2.24) is 20.2 Å². The normalized spacial score (nSPS) is 17.1. The lowest BCUT2D eigenvalue weighted by atomic mass is 10.0. The second kappa shape index (κ2) is 6.24. The van der Waals surface area contributed by atoms with Gasteiger partial charge in [0, 0.05) is 24.3 Å². The minimum atomic E-state index is -0.0374. The van der Waals surface area contributed by atoms with Crippen LogP contribution in [0.1, 0.15) is 61.8 Å². The number of nitrogens with one attached hydrogen (secondary N) is 1. The maximum absolute atomic E-state index is 12.8. The fraction of sp³-hybridized carbons (Fsp3) is 0.562. The summed E-state index contributed by atoms with van der Waals surface area (Å²) in [7, 11) is 0. The van der Waals surface area contributed by atoms with Crippen molar-refractivity contribution in [1.29, 1.82) is 0 Å². The van der Waals surface area contributed by atoms with E-state index >= 15 is 0 Å². The summed E-state index contributed by atoms with van der Waals surface area (Å²) >= 11 is 0. The van der Waals surface area contributed by atoms with Gasteiger partial charge in [0.25, 0.3) is 5.91 Å². The van der Waals surface area contributed by atoms with Gasteiger partial charge < -0.3 is 5.32 Å². The van der Waals surface area contributed by atoms with E-state index in [1.807, 2.05) is 6.92 Å². The molecule has 0 unspecified atom stereocenters. The molecule has 1 fully saturated rings. The van der Waals surface area contributed by atoms with Gasteiger partial charge in [0.2, 0.25) is 0 Å². The van der Waals surface area contributed by atoms with E-state index in [1.165, 1.54) is 11.9 Å². The van der Waals surface area contributed by atoms with Gasteiger partial charge in [-0.05, 0) is 31.8 Å². The first-order valence-electron chi connectivity index (χ1n) is 7.54. The largest absolute Gasteiger partial charge is 0.370 e. The van der Waals surface area contributed by atoms with Crippen LogP contribution in [0.15, 0.2) is 17.7 Å². The summed E-state index contributed by atoms with van der Waals surface area (Å²) in [4.78, 5) is 23.2. The Bertz CT molecular complexity index is 578. The molecule has 1 aliphatic heterocycles. The molecule has 0 spiro atoms. The van der Waals surface area contributed by atoms with E-state index in [-0.39, 0.29) is 11.8 Å². The molecule has 0 bridgehead atoms. The Hall–Kier alpha value is -1.91. The number of aromatic nitrogens is 2. The topological polar surface area (TPSA) is 58.1 Å². The van der Waals surface area contributed by atoms with Crippen molar-refractivity contribution < 1.29 is 4.79 Å². The van der Waals surface area contributed by atoms with Gasteiger partial charge in [0.05, 0.1) is 0 Å². The molecule has 0 aliphatic carbocycles. The zero-order chi connectivity index (χ0) is 15.6. The van der Waals surface area contributed by atoms with Crippen LogP contribution < -0.4 is 5.32 Å². The van der Waals surface area contributed by atoms with E-state index in [0.717, 1.165) is 30.0 Å². The molecule has 0 saturated carbocycles. The van der Waals surface area contributed by atoms with Crippen LogP contribution in [0.2, 0.25) is 0 Å². The van der Waals surface area contributed by atoms with Crippen molar-refractivity contribution in [3.63, 3.8) is 0 Å². The fourth-order valence-corrected chi connectivity index (χ4v) is 2.63. The van der Waals surface area contributed by atoms with Crippen LogP contribution >= 0.6 is 0 Å². The van der Waals surface area contributed by atoms with Gasteiger partial charge in [-0.15, -0.1) is 0 Å². The molecule has 5 heteroatoms. The Labute approximate surface area is 126 Å². The summed E-state index contributed by atoms with van der Waals surface area (Å²) in [5.41, 5.74) is 3.53. The molecule has 0 atom stereocenters. The summed E-state index contributed by atoms with van der Waals surface area (Å²) in [6, 6.07) is 0. The minimum Gasteiger partial charge on any atom is -0.370 e. The molecule has 0 radical (unpaired) electrons. The average molecular weight is 288 g/mol. The van der Waals surface area contributed by atoms with Gasteiger partial charge in [0.1, 0.15) is 17.8 Å². The third-order valence-corrected chi connectivity index (χ3v) is 3.95. The van der Waals surface area contributed by atoms with Gasteiger partial charge in [-0.25, -0.2) is 9.97 Å². The molecular weight excluding hydrogens is 264 g/mol. The summed E-state index contributed by atoms with van der Waals surface area (Å²) < 4.78 is 0. The molecule has 0 aromatic carbocycles. The fourth-order valence-electron chi connectivity index (χ4n) is 2.63. The molecule has 1 amide bonds. The number of amides is 1. The summed E-state index contributed by atoms with van der Waals surface area (Å²) in [6.45, 7) is 11.7. The smallest absolute Gasteiger partial charge is 0.278 e. The molecule has 2 heterocycles. The van der Waals surface area contributed by atoms with Gasteiger partial charge in [-0.1, -0.05) is 20.8 Å². The highest BCUT2D eigenvalue weighted by atomic mass is 16.2. The van der Waals surface area contributed by atoms with Gasteiger partial charge in [-0.2, -0.15) is 0 Å². The average Bonchev–Trinajstić information content (AvgIpc) is 2.95. The number of carbonyl (C=O) groups is 1. The second-order valence-corrected chi connectivity index (χ2v) is 5.75. The first kappa shape index (κ1) is 15.5. The molecule has 2 rings (SSSR count). The van der Waals surface area contributed by atoms with E-state index < -0.39 is 0 Å². The van der Waals surface area contributed by atoms with Crippen LogP contribution in [0.4, 0.5) is 0 Å². The maximum atomic E-state index is 12.8. The third-order valence-electron chi connectivity index (χ3n) is 3.95. The van der Waals surface area contributed by atoms with Crippen LogP contribution in [-0.2, 0) is 0 Å². The highest BCUT2D eigenvalue weighted by molar-refractivity contribution is 5.95. The van der Waals surface area contributed by atoms with Gasteiger partial charge in [-0.3, -0.25) is 9.69 Å². The zero-order valence-electron chi connectivity index (χ0n) is 13.5. The predicted octanol–water partition coefficient (Wildman–Crippen LogP) is 2.60. The molecule has 5 nitrogen and oxygen atoms in total. The molecule has 1 aromatic heterocycles. The quantitative estimate of drug-likeness (QED) is 0.929. The van der Waals surface area contributed by atoms with Crippen molar-refractivity contribution in [2.75, 3.05) is 13.1 Å². The molecule has 21 heavy (non-hydrogen) atoms. The zero-order valence-corrected chi connectivity index (χ0v) is 13.5. The SMILES string of the molecule is CC/C(C)=C1/NCCN1C(=O)c1ncnc(C(C)C)c1C. The molecule has 1 aliphatic rings. The Morgan fingerprint density at radius 1 is 1.43 bits per heavy atom. The number of nitrogens with zero attached hydrogens (tertiary/aromatic N) is 3. The number of allylic oxidation sites excluding steroid dienone is 1.